The number of ether oxygens (including phenoxy) is 2. The summed E-state index contributed by atoms with van der Waals surface area (Å²) in [6, 6.07) is 12.6. The van der Waals surface area contributed by atoms with Crippen molar-refractivity contribution in [2.24, 2.45) is 0 Å². The lowest BCUT2D eigenvalue weighted by Crippen LogP contribution is -1.99. The molecule has 0 atom stereocenters. The van der Waals surface area contributed by atoms with Crippen LogP contribution in [0.25, 0.3) is 0 Å². The lowest BCUT2D eigenvalue weighted by atomic mass is 10.1. The largest absolute Gasteiger partial charge is 0.496 e. The molecular weight excluding hydrogens is 288 g/mol. The van der Waals surface area contributed by atoms with E-state index in [4.69, 9.17) is 14.6 Å². The number of carbonyl (C=O) groups is 1. The molecule has 0 fully saturated rings. The smallest absolute Gasteiger partial charge is 0.335 e. The van der Waals surface area contributed by atoms with Crippen molar-refractivity contribution in [1.82, 2.24) is 0 Å². The highest BCUT2D eigenvalue weighted by atomic mass is 32.2. The van der Waals surface area contributed by atoms with Crippen molar-refractivity contribution in [2.75, 3.05) is 14.2 Å². The van der Waals surface area contributed by atoms with Crippen LogP contribution in [0, 0.1) is 0 Å². The summed E-state index contributed by atoms with van der Waals surface area (Å²) in [6.45, 7) is 0. The predicted octanol–water partition coefficient (Wildman–Crippen LogP) is 3.69. The molecule has 0 bridgehead atoms. The first-order valence-corrected chi connectivity index (χ1v) is 7.30. The molecule has 0 saturated carbocycles. The normalized spacial score (nSPS) is 10.2. The Morgan fingerprint density at radius 1 is 1.10 bits per heavy atom. The maximum Gasteiger partial charge on any atom is 0.335 e. The van der Waals surface area contributed by atoms with E-state index >= 15 is 0 Å². The van der Waals surface area contributed by atoms with Crippen LogP contribution in [0.2, 0.25) is 0 Å². The van der Waals surface area contributed by atoms with E-state index in [9.17, 15) is 4.79 Å². The van der Waals surface area contributed by atoms with Crippen molar-refractivity contribution in [3.05, 3.63) is 53.6 Å². The molecular formula is C16H16O4S. The third-order valence-electron chi connectivity index (χ3n) is 2.98. The number of para-hydroxylation sites is 1. The number of benzene rings is 2. The third-order valence-corrected chi connectivity index (χ3v) is 4.08. The van der Waals surface area contributed by atoms with Crippen LogP contribution in [-0.2, 0) is 5.75 Å². The Hall–Kier alpha value is -2.14. The molecule has 4 nitrogen and oxygen atoms in total. The van der Waals surface area contributed by atoms with E-state index in [1.54, 1.807) is 44.2 Å². The first kappa shape index (κ1) is 15.3. The fraction of sp³-hybridized carbons (Fsp3) is 0.188. The van der Waals surface area contributed by atoms with E-state index in [0.29, 0.717) is 11.5 Å². The van der Waals surface area contributed by atoms with Gasteiger partial charge in [0.2, 0.25) is 0 Å². The Labute approximate surface area is 127 Å². The van der Waals surface area contributed by atoms with Gasteiger partial charge in [0.15, 0.2) is 0 Å². The van der Waals surface area contributed by atoms with Gasteiger partial charge in [-0.25, -0.2) is 4.79 Å². The van der Waals surface area contributed by atoms with Crippen LogP contribution < -0.4 is 9.47 Å². The summed E-state index contributed by atoms with van der Waals surface area (Å²) in [6.07, 6.45) is 0. The van der Waals surface area contributed by atoms with Crippen LogP contribution in [0.5, 0.6) is 11.5 Å². The molecule has 2 aromatic rings. The Morgan fingerprint density at radius 2 is 1.81 bits per heavy atom. The Kier molecular flexibility index (Phi) is 5.11. The molecule has 2 rings (SSSR count). The number of hydrogen-bond acceptors (Lipinski definition) is 4. The second-order valence-corrected chi connectivity index (χ2v) is 5.29. The highest BCUT2D eigenvalue weighted by Crippen LogP contribution is 2.33. The number of thioether (sulfide) groups is 1. The molecule has 0 radical (unpaired) electrons. The fourth-order valence-corrected chi connectivity index (χ4v) is 2.92. The van der Waals surface area contributed by atoms with Crippen molar-refractivity contribution in [2.45, 2.75) is 10.6 Å². The van der Waals surface area contributed by atoms with Gasteiger partial charge >= 0.3 is 5.97 Å². The van der Waals surface area contributed by atoms with Crippen LogP contribution in [0.1, 0.15) is 15.9 Å². The average molecular weight is 304 g/mol. The van der Waals surface area contributed by atoms with Crippen molar-refractivity contribution in [3.63, 3.8) is 0 Å². The van der Waals surface area contributed by atoms with Crippen molar-refractivity contribution < 1.29 is 19.4 Å². The zero-order valence-electron chi connectivity index (χ0n) is 11.8. The Morgan fingerprint density at radius 3 is 2.48 bits per heavy atom. The minimum Gasteiger partial charge on any atom is -0.496 e. The number of rotatable bonds is 6. The van der Waals surface area contributed by atoms with Crippen molar-refractivity contribution >= 4 is 17.7 Å². The van der Waals surface area contributed by atoms with Gasteiger partial charge in [-0.3, -0.25) is 0 Å². The van der Waals surface area contributed by atoms with Gasteiger partial charge in [-0.15, -0.1) is 11.8 Å². The standard InChI is InChI=1S/C16H16O4S/c1-19-13-8-7-11(16(17)18)9-12(13)10-21-15-6-4-3-5-14(15)20-2/h3-9H,10H2,1-2H3,(H,17,18). The number of carboxylic acids is 1. The van der Waals surface area contributed by atoms with Gasteiger partial charge in [0.1, 0.15) is 11.5 Å². The summed E-state index contributed by atoms with van der Waals surface area (Å²) in [5, 5.41) is 9.07. The van der Waals surface area contributed by atoms with E-state index in [1.807, 2.05) is 24.3 Å². The van der Waals surface area contributed by atoms with E-state index in [-0.39, 0.29) is 5.56 Å². The first-order valence-electron chi connectivity index (χ1n) is 6.31. The maximum atomic E-state index is 11.1. The molecule has 0 saturated heterocycles. The molecule has 0 aromatic heterocycles. The SMILES string of the molecule is COc1ccc(C(=O)O)cc1CSc1ccccc1OC. The quantitative estimate of drug-likeness (QED) is 0.825. The third kappa shape index (κ3) is 3.70. The number of hydrogen-bond donors (Lipinski definition) is 1. The van der Waals surface area contributed by atoms with Crippen LogP contribution in [0.15, 0.2) is 47.4 Å². The van der Waals surface area contributed by atoms with Gasteiger partial charge < -0.3 is 14.6 Å². The van der Waals surface area contributed by atoms with E-state index in [1.165, 1.54) is 0 Å². The molecule has 0 aliphatic heterocycles. The van der Waals surface area contributed by atoms with Gasteiger partial charge in [-0.1, -0.05) is 12.1 Å². The monoisotopic (exact) mass is 304 g/mol. The average Bonchev–Trinajstić information content (AvgIpc) is 2.52. The molecule has 0 aliphatic rings. The number of carboxylic acid groups (broad SMARTS) is 1. The lowest BCUT2D eigenvalue weighted by molar-refractivity contribution is 0.0696. The lowest BCUT2D eigenvalue weighted by Gasteiger charge is -2.11. The molecule has 21 heavy (non-hydrogen) atoms. The van der Waals surface area contributed by atoms with Crippen molar-refractivity contribution in [1.29, 1.82) is 0 Å². The summed E-state index contributed by atoms with van der Waals surface area (Å²) in [5.41, 5.74) is 1.10. The summed E-state index contributed by atoms with van der Waals surface area (Å²) in [7, 11) is 3.21. The molecule has 110 valence electrons. The summed E-state index contributed by atoms with van der Waals surface area (Å²) < 4.78 is 10.6. The zero-order valence-corrected chi connectivity index (χ0v) is 12.6. The fourth-order valence-electron chi connectivity index (χ4n) is 1.92. The van der Waals surface area contributed by atoms with Crippen LogP contribution in [-0.4, -0.2) is 25.3 Å². The highest BCUT2D eigenvalue weighted by molar-refractivity contribution is 7.98. The highest BCUT2D eigenvalue weighted by Gasteiger charge is 2.10. The summed E-state index contributed by atoms with van der Waals surface area (Å²) in [4.78, 5) is 12.1. The van der Waals surface area contributed by atoms with E-state index in [2.05, 4.69) is 0 Å². The van der Waals surface area contributed by atoms with Crippen molar-refractivity contribution in [3.8, 4) is 11.5 Å². The molecule has 0 unspecified atom stereocenters. The topological polar surface area (TPSA) is 55.8 Å². The molecule has 2 aromatic carbocycles. The van der Waals surface area contributed by atoms with Gasteiger partial charge in [-0.05, 0) is 30.3 Å². The predicted molar refractivity (Wildman–Crippen MR) is 82.5 cm³/mol. The van der Waals surface area contributed by atoms with Gasteiger partial charge in [0.05, 0.1) is 19.8 Å². The molecule has 1 N–H and O–H groups in total. The number of methoxy groups -OCH3 is 2. The second kappa shape index (κ2) is 7.04. The first-order chi connectivity index (χ1) is 10.2. The molecule has 0 spiro atoms. The second-order valence-electron chi connectivity index (χ2n) is 4.27. The zero-order chi connectivity index (χ0) is 15.2. The molecule has 0 aliphatic carbocycles. The van der Waals surface area contributed by atoms with Gasteiger partial charge in [0.25, 0.3) is 0 Å². The van der Waals surface area contributed by atoms with E-state index < -0.39 is 5.97 Å². The van der Waals surface area contributed by atoms with Crippen LogP contribution in [0.3, 0.4) is 0 Å². The van der Waals surface area contributed by atoms with Crippen LogP contribution in [0.4, 0.5) is 0 Å². The molecule has 5 heteroatoms. The number of aromatic carboxylic acids is 1. The molecule has 0 heterocycles. The van der Waals surface area contributed by atoms with Gasteiger partial charge in [-0.2, -0.15) is 0 Å². The summed E-state index contributed by atoms with van der Waals surface area (Å²) in [5.74, 6) is 1.14. The van der Waals surface area contributed by atoms with Gasteiger partial charge in [0, 0.05) is 16.2 Å². The Bertz CT molecular complexity index is 640. The minimum atomic E-state index is -0.943. The molecule has 0 amide bonds. The van der Waals surface area contributed by atoms with E-state index in [0.717, 1.165) is 16.2 Å². The Balaban J connectivity index is 2.22. The summed E-state index contributed by atoms with van der Waals surface area (Å²) >= 11 is 1.58. The van der Waals surface area contributed by atoms with Crippen LogP contribution >= 0.6 is 11.8 Å². The maximum absolute atomic E-state index is 11.1. The minimum absolute atomic E-state index is 0.256.